The minimum Gasteiger partial charge on any atom is -0.298 e. The van der Waals surface area contributed by atoms with Gasteiger partial charge < -0.3 is 0 Å². The van der Waals surface area contributed by atoms with Crippen LogP contribution in [-0.4, -0.2) is 15.1 Å². The fourth-order valence-corrected chi connectivity index (χ4v) is 4.81. The van der Waals surface area contributed by atoms with Gasteiger partial charge in [-0.1, -0.05) is 70.2 Å². The van der Waals surface area contributed by atoms with Crippen molar-refractivity contribution >= 4 is 20.3 Å². The molecule has 112 valence electrons. The summed E-state index contributed by atoms with van der Waals surface area (Å²) in [6, 6.07) is 8.64. The smallest absolute Gasteiger partial charge is 0.150 e. The van der Waals surface area contributed by atoms with Crippen molar-refractivity contribution in [2.75, 3.05) is 0 Å². The van der Waals surface area contributed by atoms with E-state index in [0.717, 1.165) is 18.3 Å². The molecule has 2 rings (SSSR count). The zero-order valence-corrected chi connectivity index (χ0v) is 15.2. The Labute approximate surface area is 130 Å². The summed E-state index contributed by atoms with van der Waals surface area (Å²) in [7, 11) is -1.00. The Morgan fingerprint density at radius 1 is 1.14 bits per heavy atom. The number of hydrogen-bond acceptors (Lipinski definition) is 1. The van der Waals surface area contributed by atoms with Gasteiger partial charge in [0.25, 0.3) is 0 Å². The van der Waals surface area contributed by atoms with Crippen molar-refractivity contribution in [3.8, 4) is 11.1 Å². The van der Waals surface area contributed by atoms with Crippen LogP contribution < -0.4 is 5.19 Å². The molecule has 0 fully saturated rings. The van der Waals surface area contributed by atoms with E-state index in [0.29, 0.717) is 0 Å². The van der Waals surface area contributed by atoms with Crippen molar-refractivity contribution in [1.29, 1.82) is 0 Å². The van der Waals surface area contributed by atoms with Gasteiger partial charge in [-0.25, -0.2) is 0 Å². The van der Waals surface area contributed by atoms with Gasteiger partial charge in [0.1, 0.15) is 0 Å². The average molecular weight is 299 g/mol. The maximum Gasteiger partial charge on any atom is 0.150 e. The van der Waals surface area contributed by atoms with Gasteiger partial charge in [0, 0.05) is 5.56 Å². The molecule has 0 aromatic rings. The highest BCUT2D eigenvalue weighted by Crippen LogP contribution is 2.41. The summed E-state index contributed by atoms with van der Waals surface area (Å²) in [5.74, 6) is 0. The first-order valence-electron chi connectivity index (χ1n) is 7.86. The first-order chi connectivity index (χ1) is 9.82. The lowest BCUT2D eigenvalue weighted by atomic mass is 9.83. The van der Waals surface area contributed by atoms with E-state index in [9.17, 15) is 4.79 Å². The number of aldehydes is 1. The summed E-state index contributed by atoms with van der Waals surface area (Å²) in [5, 5.41) is 1.40. The van der Waals surface area contributed by atoms with E-state index in [-0.39, 0.29) is 5.41 Å². The molecule has 0 atom stereocenters. The maximum atomic E-state index is 11.9. The van der Waals surface area contributed by atoms with Crippen LogP contribution in [0.25, 0.3) is 11.1 Å². The van der Waals surface area contributed by atoms with E-state index < -0.39 is 8.80 Å². The number of carbonyl (C=O) groups excluding carboxylic acids is 1. The number of hydrogen-bond donors (Lipinski definition) is 0. The first-order valence-corrected chi connectivity index (χ1v) is 10.7. The summed E-state index contributed by atoms with van der Waals surface area (Å²) in [6.07, 6.45) is 2.06. The molecule has 21 heavy (non-hydrogen) atoms. The van der Waals surface area contributed by atoms with Crippen molar-refractivity contribution in [2.24, 2.45) is 0 Å². The third-order valence-electron chi connectivity index (χ3n) is 4.22. The van der Waals surface area contributed by atoms with E-state index in [1.165, 1.54) is 27.4 Å². The van der Waals surface area contributed by atoms with Gasteiger partial charge in [0.2, 0.25) is 0 Å². The Bertz CT molecular complexity index is 635. The van der Waals surface area contributed by atoms with Crippen LogP contribution in [0.15, 0.2) is 24.3 Å². The molecule has 2 aliphatic carbocycles. The molecular formula is C19H26OSi. The van der Waals surface area contributed by atoms with Gasteiger partial charge in [-0.05, 0) is 34.1 Å². The molecule has 2 heteroatoms. The standard InChI is InChI=1S/C19H26OSi/c1-7-13-14-10-8-9-11-16(21(5)6)17(14)15(12-20)18(13)19(2,3)4/h8-12,21H,7H2,1-6H3. The number of fused-ring (bicyclic) bond motifs is 1. The highest BCUT2D eigenvalue weighted by Gasteiger charge is 2.30. The molecule has 0 saturated carbocycles. The van der Waals surface area contributed by atoms with Crippen molar-refractivity contribution in [1.82, 2.24) is 0 Å². The molecule has 0 aromatic heterocycles. The van der Waals surface area contributed by atoms with E-state index in [1.54, 1.807) is 0 Å². The van der Waals surface area contributed by atoms with Crippen molar-refractivity contribution in [3.05, 3.63) is 41.0 Å². The summed E-state index contributed by atoms with van der Waals surface area (Å²) in [4.78, 5) is 11.9. The molecule has 0 spiro atoms. The van der Waals surface area contributed by atoms with Crippen LogP contribution >= 0.6 is 0 Å². The summed E-state index contributed by atoms with van der Waals surface area (Å²) < 4.78 is 0. The highest BCUT2D eigenvalue weighted by atomic mass is 28.3. The zero-order valence-electron chi connectivity index (χ0n) is 14.1. The Morgan fingerprint density at radius 3 is 2.24 bits per heavy atom. The Kier molecular flexibility index (Phi) is 4.38. The summed E-state index contributed by atoms with van der Waals surface area (Å²) in [6.45, 7) is 13.5. The second kappa shape index (κ2) is 5.76. The third kappa shape index (κ3) is 2.69. The second-order valence-electron chi connectivity index (χ2n) is 7.11. The van der Waals surface area contributed by atoms with Gasteiger partial charge >= 0.3 is 0 Å². The lowest BCUT2D eigenvalue weighted by Gasteiger charge is -2.21. The second-order valence-corrected chi connectivity index (χ2v) is 10.0. The van der Waals surface area contributed by atoms with Crippen LogP contribution in [-0.2, 0) is 11.8 Å². The maximum absolute atomic E-state index is 11.9. The molecule has 2 aliphatic rings. The minimum atomic E-state index is -1.00. The molecule has 0 N–H and O–H groups in total. The third-order valence-corrected chi connectivity index (χ3v) is 5.94. The van der Waals surface area contributed by atoms with Crippen molar-refractivity contribution in [3.63, 3.8) is 0 Å². The molecule has 0 bridgehead atoms. The molecule has 0 aromatic carbocycles. The average Bonchev–Trinajstić information content (AvgIpc) is 2.55. The topological polar surface area (TPSA) is 17.1 Å². The quantitative estimate of drug-likeness (QED) is 0.614. The Morgan fingerprint density at radius 2 is 1.76 bits per heavy atom. The zero-order chi connectivity index (χ0) is 15.8. The summed E-state index contributed by atoms with van der Waals surface area (Å²) in [5.41, 5.74) is 6.03. The Balaban J connectivity index is 3.00. The van der Waals surface area contributed by atoms with E-state index >= 15 is 0 Å². The first kappa shape index (κ1) is 16.0. The van der Waals surface area contributed by atoms with Gasteiger partial charge in [-0.2, -0.15) is 0 Å². The lowest BCUT2D eigenvalue weighted by Crippen LogP contribution is -2.24. The molecule has 0 saturated heterocycles. The van der Waals surface area contributed by atoms with E-state index in [4.69, 9.17) is 0 Å². The molecule has 0 heterocycles. The fourth-order valence-electron chi connectivity index (χ4n) is 3.43. The Hall–Kier alpha value is -1.41. The van der Waals surface area contributed by atoms with Crippen LogP contribution in [0.1, 0.15) is 49.2 Å². The molecule has 0 amide bonds. The number of carbonyl (C=O) groups is 1. The normalized spacial score (nSPS) is 12.1. The van der Waals surface area contributed by atoms with E-state index in [2.05, 4.69) is 65.1 Å². The minimum absolute atomic E-state index is 0.00498. The predicted molar refractivity (Wildman–Crippen MR) is 95.0 cm³/mol. The van der Waals surface area contributed by atoms with Gasteiger partial charge in [-0.15, -0.1) is 0 Å². The largest absolute Gasteiger partial charge is 0.298 e. The van der Waals surface area contributed by atoms with Crippen LogP contribution in [0.2, 0.25) is 13.1 Å². The van der Waals surface area contributed by atoms with Crippen molar-refractivity contribution in [2.45, 2.75) is 52.6 Å². The SMILES string of the molecule is CCc1c2ccccc([SiH](C)C)c-2c(C=O)c1C(C)(C)C. The predicted octanol–water partition coefficient (Wildman–Crippen LogP) is 4.16. The van der Waals surface area contributed by atoms with Crippen LogP contribution in [0.3, 0.4) is 0 Å². The molecule has 1 nitrogen and oxygen atoms in total. The molecule has 0 aliphatic heterocycles. The highest BCUT2D eigenvalue weighted by molar-refractivity contribution is 6.72. The number of rotatable bonds is 3. The van der Waals surface area contributed by atoms with Gasteiger partial charge in [0.15, 0.2) is 6.29 Å². The van der Waals surface area contributed by atoms with Gasteiger partial charge in [0.05, 0.1) is 8.80 Å². The van der Waals surface area contributed by atoms with Crippen LogP contribution in [0.4, 0.5) is 0 Å². The van der Waals surface area contributed by atoms with E-state index in [1.807, 2.05) is 0 Å². The molecular weight excluding hydrogens is 272 g/mol. The van der Waals surface area contributed by atoms with Crippen LogP contribution in [0, 0.1) is 0 Å². The lowest BCUT2D eigenvalue weighted by molar-refractivity contribution is 0.112. The monoisotopic (exact) mass is 298 g/mol. The van der Waals surface area contributed by atoms with Crippen LogP contribution in [0.5, 0.6) is 0 Å². The summed E-state index contributed by atoms with van der Waals surface area (Å²) >= 11 is 0. The van der Waals surface area contributed by atoms with Crippen molar-refractivity contribution < 1.29 is 4.79 Å². The fraction of sp³-hybridized carbons (Fsp3) is 0.421. The molecule has 0 radical (unpaired) electrons. The van der Waals surface area contributed by atoms with Gasteiger partial charge in [-0.3, -0.25) is 4.79 Å². The molecule has 0 unspecified atom stereocenters.